The first-order chi connectivity index (χ1) is 14.7. The smallest absolute Gasteiger partial charge is 0.247 e. The van der Waals surface area contributed by atoms with Gasteiger partial charge >= 0.3 is 0 Å². The molecule has 0 aliphatic heterocycles. The molecule has 0 unspecified atom stereocenters. The number of rotatable bonds is 8. The van der Waals surface area contributed by atoms with Crippen molar-refractivity contribution >= 4 is 0 Å². The second-order valence-corrected chi connectivity index (χ2v) is 6.67. The van der Waals surface area contributed by atoms with Crippen molar-refractivity contribution < 1.29 is 18.6 Å². The summed E-state index contributed by atoms with van der Waals surface area (Å²) in [5.41, 5.74) is 2.92. The fourth-order valence-corrected chi connectivity index (χ4v) is 3.05. The van der Waals surface area contributed by atoms with Gasteiger partial charge in [-0.3, -0.25) is 0 Å². The minimum Gasteiger partial charge on any atom is -0.497 e. The number of benzene rings is 3. The van der Waals surface area contributed by atoms with Gasteiger partial charge in [0.05, 0.1) is 20.6 Å². The monoisotopic (exact) mass is 402 g/mol. The molecule has 30 heavy (non-hydrogen) atoms. The summed E-state index contributed by atoms with van der Waals surface area (Å²) in [6.45, 7) is 0.404. The molecule has 0 saturated carbocycles. The number of hydrogen-bond donors (Lipinski definition) is 0. The second-order valence-electron chi connectivity index (χ2n) is 6.67. The molecule has 4 rings (SSSR count). The molecule has 6 nitrogen and oxygen atoms in total. The highest BCUT2D eigenvalue weighted by molar-refractivity contribution is 5.54. The summed E-state index contributed by atoms with van der Waals surface area (Å²) < 4.78 is 22.3. The van der Waals surface area contributed by atoms with Crippen LogP contribution >= 0.6 is 0 Å². The normalized spacial score (nSPS) is 10.6. The maximum absolute atomic E-state index is 5.91. The van der Waals surface area contributed by atoms with Gasteiger partial charge in [-0.1, -0.05) is 36.4 Å². The standard InChI is InChI=1S/C24H22N2O4/c1-27-20-12-10-17(11-13-20)15-23-25-26-24(30-23)19-7-5-6-18(14-19)16-29-22-9-4-3-8-21(22)28-2/h3-14H,15-16H2,1-2H3. The molecule has 3 aromatic carbocycles. The highest BCUT2D eigenvalue weighted by atomic mass is 16.5. The van der Waals surface area contributed by atoms with E-state index in [1.165, 1.54) is 0 Å². The van der Waals surface area contributed by atoms with E-state index in [4.69, 9.17) is 18.6 Å². The number of hydrogen-bond acceptors (Lipinski definition) is 6. The molecular weight excluding hydrogens is 380 g/mol. The Morgan fingerprint density at radius 3 is 2.33 bits per heavy atom. The van der Waals surface area contributed by atoms with Gasteiger partial charge in [0.25, 0.3) is 0 Å². The van der Waals surface area contributed by atoms with Crippen LogP contribution in [0.15, 0.2) is 77.2 Å². The van der Waals surface area contributed by atoms with Gasteiger partial charge in [-0.15, -0.1) is 10.2 Å². The highest BCUT2D eigenvalue weighted by Crippen LogP contribution is 2.27. The highest BCUT2D eigenvalue weighted by Gasteiger charge is 2.11. The van der Waals surface area contributed by atoms with Crippen LogP contribution in [-0.4, -0.2) is 24.4 Å². The Balaban J connectivity index is 1.44. The first kappa shape index (κ1) is 19.5. The van der Waals surface area contributed by atoms with E-state index in [2.05, 4.69) is 10.2 Å². The molecule has 0 N–H and O–H groups in total. The van der Waals surface area contributed by atoms with Crippen LogP contribution in [-0.2, 0) is 13.0 Å². The summed E-state index contributed by atoms with van der Waals surface area (Å²) in [6.07, 6.45) is 0.563. The minimum atomic E-state index is 0.404. The Bertz CT molecular complexity index is 1110. The zero-order valence-corrected chi connectivity index (χ0v) is 16.9. The number of para-hydroxylation sites is 2. The van der Waals surface area contributed by atoms with Crippen LogP contribution in [0.2, 0.25) is 0 Å². The Hall–Kier alpha value is -3.80. The molecule has 0 bridgehead atoms. The lowest BCUT2D eigenvalue weighted by atomic mass is 10.1. The van der Waals surface area contributed by atoms with E-state index in [-0.39, 0.29) is 0 Å². The third-order valence-electron chi connectivity index (χ3n) is 4.62. The molecule has 0 spiro atoms. The Kier molecular flexibility index (Phi) is 5.94. The Labute approximate surface area is 175 Å². The summed E-state index contributed by atoms with van der Waals surface area (Å²) in [5.74, 6) is 3.26. The predicted molar refractivity (Wildman–Crippen MR) is 113 cm³/mol. The van der Waals surface area contributed by atoms with Crippen LogP contribution in [0.4, 0.5) is 0 Å². The van der Waals surface area contributed by atoms with Crippen molar-refractivity contribution in [3.63, 3.8) is 0 Å². The molecule has 0 radical (unpaired) electrons. The van der Waals surface area contributed by atoms with Crippen molar-refractivity contribution in [2.45, 2.75) is 13.0 Å². The SMILES string of the molecule is COc1ccc(Cc2nnc(-c3cccc(COc4ccccc4OC)c3)o2)cc1. The lowest BCUT2D eigenvalue weighted by molar-refractivity contribution is 0.284. The number of ether oxygens (including phenoxy) is 3. The van der Waals surface area contributed by atoms with E-state index in [0.29, 0.717) is 36.3 Å². The average Bonchev–Trinajstić information content (AvgIpc) is 3.27. The third-order valence-corrected chi connectivity index (χ3v) is 4.62. The molecule has 1 heterocycles. The molecule has 6 heteroatoms. The van der Waals surface area contributed by atoms with Crippen molar-refractivity contribution in [2.24, 2.45) is 0 Å². The summed E-state index contributed by atoms with van der Waals surface area (Å²) in [7, 11) is 3.27. The quantitative estimate of drug-likeness (QED) is 0.417. The van der Waals surface area contributed by atoms with Gasteiger partial charge in [0, 0.05) is 5.56 Å². The molecule has 0 amide bonds. The zero-order valence-electron chi connectivity index (χ0n) is 16.9. The van der Waals surface area contributed by atoms with Gasteiger partial charge in [0.15, 0.2) is 11.5 Å². The first-order valence-electron chi connectivity index (χ1n) is 9.55. The van der Waals surface area contributed by atoms with Crippen LogP contribution in [0.5, 0.6) is 17.2 Å². The van der Waals surface area contributed by atoms with Gasteiger partial charge in [-0.05, 0) is 47.5 Å². The number of nitrogens with zero attached hydrogens (tertiary/aromatic N) is 2. The van der Waals surface area contributed by atoms with Crippen LogP contribution in [0.3, 0.4) is 0 Å². The molecule has 1 aromatic heterocycles. The number of methoxy groups -OCH3 is 2. The van der Waals surface area contributed by atoms with Crippen molar-refractivity contribution in [2.75, 3.05) is 14.2 Å². The molecule has 0 saturated heterocycles. The van der Waals surface area contributed by atoms with Crippen molar-refractivity contribution in [1.82, 2.24) is 10.2 Å². The lowest BCUT2D eigenvalue weighted by Gasteiger charge is -2.10. The molecule has 152 valence electrons. The molecule has 4 aromatic rings. The van der Waals surface area contributed by atoms with Gasteiger partial charge in [-0.25, -0.2) is 0 Å². The van der Waals surface area contributed by atoms with Gasteiger partial charge in [-0.2, -0.15) is 0 Å². The van der Waals surface area contributed by atoms with E-state index in [1.807, 2.05) is 72.8 Å². The summed E-state index contributed by atoms with van der Waals surface area (Å²) in [5, 5.41) is 8.38. The molecule has 0 atom stereocenters. The van der Waals surface area contributed by atoms with E-state index >= 15 is 0 Å². The zero-order chi connectivity index (χ0) is 20.8. The largest absolute Gasteiger partial charge is 0.497 e. The van der Waals surface area contributed by atoms with Crippen LogP contribution < -0.4 is 14.2 Å². The van der Waals surface area contributed by atoms with Gasteiger partial charge in [0.1, 0.15) is 12.4 Å². The molecular formula is C24H22N2O4. The van der Waals surface area contributed by atoms with Crippen molar-refractivity contribution in [3.05, 3.63) is 89.8 Å². The Morgan fingerprint density at radius 1 is 0.767 bits per heavy atom. The molecule has 0 aliphatic rings. The number of aromatic nitrogens is 2. The predicted octanol–water partition coefficient (Wildman–Crippen LogP) is 4.92. The summed E-state index contributed by atoms with van der Waals surface area (Å²) >= 11 is 0. The molecule has 0 fully saturated rings. The Morgan fingerprint density at radius 2 is 1.57 bits per heavy atom. The lowest BCUT2D eigenvalue weighted by Crippen LogP contribution is -1.97. The van der Waals surface area contributed by atoms with Crippen molar-refractivity contribution in [3.8, 4) is 28.7 Å². The van der Waals surface area contributed by atoms with E-state index in [9.17, 15) is 0 Å². The topological polar surface area (TPSA) is 66.6 Å². The molecule has 0 aliphatic carbocycles. The fourth-order valence-electron chi connectivity index (χ4n) is 3.05. The fraction of sp³-hybridized carbons (Fsp3) is 0.167. The van der Waals surface area contributed by atoms with E-state index in [1.54, 1.807) is 14.2 Å². The third kappa shape index (κ3) is 4.60. The van der Waals surface area contributed by atoms with E-state index < -0.39 is 0 Å². The van der Waals surface area contributed by atoms with Crippen LogP contribution in [0.25, 0.3) is 11.5 Å². The first-order valence-corrected chi connectivity index (χ1v) is 9.55. The summed E-state index contributed by atoms with van der Waals surface area (Å²) in [4.78, 5) is 0. The van der Waals surface area contributed by atoms with E-state index in [0.717, 1.165) is 22.4 Å². The summed E-state index contributed by atoms with van der Waals surface area (Å²) in [6, 6.07) is 23.2. The maximum atomic E-state index is 5.91. The van der Waals surface area contributed by atoms with Crippen LogP contribution in [0, 0.1) is 0 Å². The van der Waals surface area contributed by atoms with Crippen molar-refractivity contribution in [1.29, 1.82) is 0 Å². The minimum absolute atomic E-state index is 0.404. The average molecular weight is 402 g/mol. The van der Waals surface area contributed by atoms with Crippen LogP contribution in [0.1, 0.15) is 17.0 Å². The van der Waals surface area contributed by atoms with Gasteiger partial charge in [0.2, 0.25) is 11.8 Å². The van der Waals surface area contributed by atoms with Gasteiger partial charge < -0.3 is 18.6 Å². The maximum Gasteiger partial charge on any atom is 0.247 e. The second kappa shape index (κ2) is 9.13.